The third-order valence-electron chi connectivity index (χ3n) is 4.50. The summed E-state index contributed by atoms with van der Waals surface area (Å²) in [6.45, 7) is 0. The Labute approximate surface area is 158 Å². The number of benzene rings is 4. The molecule has 0 atom stereocenters. The Balaban J connectivity index is 2.23. The number of fused-ring (bicyclic) bond motifs is 1. The average Bonchev–Trinajstić information content (AvgIpc) is 2.64. The van der Waals surface area contributed by atoms with Gasteiger partial charge in [-0.1, -0.05) is 48.0 Å². The largest absolute Gasteiger partial charge is 0.507 e. The fourth-order valence-electron chi connectivity index (χ4n) is 3.32. The molecular weight excluding hydrogens is 370 g/mol. The van der Waals surface area contributed by atoms with E-state index in [1.165, 1.54) is 48.5 Å². The van der Waals surface area contributed by atoms with Gasteiger partial charge in [0.2, 0.25) is 0 Å². The zero-order valence-corrected chi connectivity index (χ0v) is 14.6. The molecule has 0 amide bonds. The second kappa shape index (κ2) is 6.56. The highest BCUT2D eigenvalue weighted by atomic mass is 35.5. The molecule has 0 bridgehead atoms. The lowest BCUT2D eigenvalue weighted by Gasteiger charge is -2.17. The summed E-state index contributed by atoms with van der Waals surface area (Å²) < 4.78 is 29.1. The van der Waals surface area contributed by atoms with Crippen molar-refractivity contribution in [3.63, 3.8) is 0 Å². The van der Waals surface area contributed by atoms with Gasteiger partial charge in [-0.15, -0.1) is 0 Å². The summed E-state index contributed by atoms with van der Waals surface area (Å²) in [5.74, 6) is -1.59. The van der Waals surface area contributed by atoms with Gasteiger partial charge < -0.3 is 10.2 Å². The maximum absolute atomic E-state index is 14.6. The second-order valence-corrected chi connectivity index (χ2v) is 6.50. The van der Waals surface area contributed by atoms with Crippen molar-refractivity contribution in [1.29, 1.82) is 0 Å². The molecule has 0 saturated heterocycles. The number of rotatable bonds is 2. The van der Waals surface area contributed by atoms with Gasteiger partial charge in [0.15, 0.2) is 0 Å². The first kappa shape index (κ1) is 17.3. The molecule has 0 radical (unpaired) electrons. The van der Waals surface area contributed by atoms with Gasteiger partial charge in [-0.2, -0.15) is 0 Å². The van der Waals surface area contributed by atoms with Crippen molar-refractivity contribution < 1.29 is 19.0 Å². The van der Waals surface area contributed by atoms with E-state index in [0.29, 0.717) is 10.8 Å². The first-order valence-electron chi connectivity index (χ1n) is 8.16. The predicted octanol–water partition coefficient (Wildman–Crippen LogP) is 6.52. The van der Waals surface area contributed by atoms with Crippen LogP contribution in [0.1, 0.15) is 0 Å². The van der Waals surface area contributed by atoms with Gasteiger partial charge in [0, 0.05) is 27.6 Å². The van der Waals surface area contributed by atoms with Crippen LogP contribution >= 0.6 is 11.6 Å². The molecule has 0 aromatic heterocycles. The third kappa shape index (κ3) is 2.78. The van der Waals surface area contributed by atoms with Crippen molar-refractivity contribution in [1.82, 2.24) is 0 Å². The van der Waals surface area contributed by atoms with Crippen LogP contribution in [0.4, 0.5) is 8.78 Å². The number of halogens is 3. The van der Waals surface area contributed by atoms with Crippen molar-refractivity contribution in [2.75, 3.05) is 0 Å². The number of phenolic OH excluding ortho intramolecular Hbond substituents is 2. The Bertz CT molecular complexity index is 1160. The molecule has 0 heterocycles. The van der Waals surface area contributed by atoms with Crippen LogP contribution in [0.2, 0.25) is 5.02 Å². The van der Waals surface area contributed by atoms with Gasteiger partial charge in [-0.05, 0) is 35.7 Å². The number of aromatic hydroxyl groups is 2. The van der Waals surface area contributed by atoms with Crippen molar-refractivity contribution in [2.24, 2.45) is 0 Å². The summed E-state index contributed by atoms with van der Waals surface area (Å²) in [6, 6.07) is 16.2. The maximum Gasteiger partial charge on any atom is 0.132 e. The summed E-state index contributed by atoms with van der Waals surface area (Å²) in [4.78, 5) is 0. The summed E-state index contributed by atoms with van der Waals surface area (Å²) in [7, 11) is 0. The first-order chi connectivity index (χ1) is 13.0. The molecule has 0 unspecified atom stereocenters. The van der Waals surface area contributed by atoms with Crippen LogP contribution in [-0.2, 0) is 0 Å². The van der Waals surface area contributed by atoms with Crippen LogP contribution in [0.3, 0.4) is 0 Å². The van der Waals surface area contributed by atoms with E-state index >= 15 is 0 Å². The van der Waals surface area contributed by atoms with Gasteiger partial charge in [0.05, 0.1) is 5.02 Å². The fourth-order valence-corrected chi connectivity index (χ4v) is 3.58. The molecule has 0 aliphatic carbocycles. The number of phenols is 2. The standard InChI is InChI=1S/C22H13ClF2O2/c23-14-5-3-7-16(25)21(14)22-18(27)11-9-12-8-10-17(26)20(19(12)22)13-4-1-2-6-15(13)24/h1-11,26-27H. The van der Waals surface area contributed by atoms with E-state index in [9.17, 15) is 19.0 Å². The van der Waals surface area contributed by atoms with E-state index in [4.69, 9.17) is 11.6 Å². The fraction of sp³-hybridized carbons (Fsp3) is 0. The van der Waals surface area contributed by atoms with E-state index in [0.717, 1.165) is 0 Å². The molecule has 0 aliphatic rings. The highest BCUT2D eigenvalue weighted by Crippen LogP contribution is 2.47. The van der Waals surface area contributed by atoms with E-state index in [2.05, 4.69) is 0 Å². The molecule has 0 fully saturated rings. The topological polar surface area (TPSA) is 40.5 Å². The molecule has 4 aromatic carbocycles. The van der Waals surface area contributed by atoms with Crippen molar-refractivity contribution in [3.05, 3.63) is 83.4 Å². The zero-order chi connectivity index (χ0) is 19.1. The molecule has 2 N–H and O–H groups in total. The molecule has 134 valence electrons. The van der Waals surface area contributed by atoms with Crippen molar-refractivity contribution >= 4 is 22.4 Å². The van der Waals surface area contributed by atoms with Crippen LogP contribution in [-0.4, -0.2) is 10.2 Å². The lowest BCUT2D eigenvalue weighted by Crippen LogP contribution is -1.93. The molecule has 4 rings (SSSR count). The number of hydrogen-bond acceptors (Lipinski definition) is 2. The zero-order valence-electron chi connectivity index (χ0n) is 13.9. The van der Waals surface area contributed by atoms with Crippen molar-refractivity contribution in [2.45, 2.75) is 0 Å². The van der Waals surface area contributed by atoms with Crippen LogP contribution in [0.25, 0.3) is 33.0 Å². The lowest BCUT2D eigenvalue weighted by molar-refractivity contribution is 0.476. The van der Waals surface area contributed by atoms with Crippen LogP contribution in [0.15, 0.2) is 66.7 Å². The highest BCUT2D eigenvalue weighted by Gasteiger charge is 2.22. The van der Waals surface area contributed by atoms with Crippen LogP contribution in [0.5, 0.6) is 11.5 Å². The van der Waals surface area contributed by atoms with Gasteiger partial charge in [0.25, 0.3) is 0 Å². The van der Waals surface area contributed by atoms with Crippen LogP contribution in [0, 0.1) is 11.6 Å². The second-order valence-electron chi connectivity index (χ2n) is 6.09. The first-order valence-corrected chi connectivity index (χ1v) is 8.53. The lowest BCUT2D eigenvalue weighted by atomic mass is 9.89. The molecule has 27 heavy (non-hydrogen) atoms. The normalized spacial score (nSPS) is 11.1. The Morgan fingerprint density at radius 2 is 1.26 bits per heavy atom. The SMILES string of the molecule is Oc1ccc2ccc(O)c(-c3c(F)cccc3Cl)c2c1-c1ccccc1F. The Kier molecular flexibility index (Phi) is 4.21. The molecule has 0 aliphatic heterocycles. The molecule has 5 heteroatoms. The van der Waals surface area contributed by atoms with Crippen molar-refractivity contribution in [3.8, 4) is 33.8 Å². The van der Waals surface area contributed by atoms with Gasteiger partial charge >= 0.3 is 0 Å². The van der Waals surface area contributed by atoms with E-state index in [1.54, 1.807) is 18.2 Å². The smallest absolute Gasteiger partial charge is 0.132 e. The average molecular weight is 383 g/mol. The minimum atomic E-state index is -0.631. The summed E-state index contributed by atoms with van der Waals surface area (Å²) in [5, 5.41) is 22.1. The van der Waals surface area contributed by atoms with E-state index in [1.807, 2.05) is 0 Å². The van der Waals surface area contributed by atoms with E-state index < -0.39 is 11.6 Å². The monoisotopic (exact) mass is 382 g/mol. The Morgan fingerprint density at radius 3 is 1.93 bits per heavy atom. The summed E-state index contributed by atoms with van der Waals surface area (Å²) in [6.07, 6.45) is 0. The third-order valence-corrected chi connectivity index (χ3v) is 4.81. The molecule has 4 aromatic rings. The molecular formula is C22H13ClF2O2. The summed E-state index contributed by atoms with van der Waals surface area (Å²) >= 11 is 6.22. The van der Waals surface area contributed by atoms with Gasteiger partial charge in [0.1, 0.15) is 23.1 Å². The number of hydrogen-bond donors (Lipinski definition) is 2. The minimum Gasteiger partial charge on any atom is -0.507 e. The molecule has 0 saturated carbocycles. The quantitative estimate of drug-likeness (QED) is 0.414. The van der Waals surface area contributed by atoms with Gasteiger partial charge in [-0.25, -0.2) is 8.78 Å². The van der Waals surface area contributed by atoms with E-state index in [-0.39, 0.29) is 38.8 Å². The maximum atomic E-state index is 14.6. The Hall–Kier alpha value is -3.11. The van der Waals surface area contributed by atoms with Gasteiger partial charge in [-0.3, -0.25) is 0 Å². The summed E-state index contributed by atoms with van der Waals surface area (Å²) in [5.41, 5.74) is 0.394. The Morgan fingerprint density at radius 1 is 0.630 bits per heavy atom. The van der Waals surface area contributed by atoms with Crippen LogP contribution < -0.4 is 0 Å². The highest BCUT2D eigenvalue weighted by molar-refractivity contribution is 6.34. The minimum absolute atomic E-state index is 0.00884. The predicted molar refractivity (Wildman–Crippen MR) is 103 cm³/mol. The molecule has 2 nitrogen and oxygen atoms in total. The molecule has 0 spiro atoms.